The largest absolute Gasteiger partial charge is 0.299 e. The molecule has 0 N–H and O–H groups in total. The number of rotatable bonds is 1. The third-order valence-corrected chi connectivity index (χ3v) is 5.08. The van der Waals surface area contributed by atoms with Crippen molar-refractivity contribution >= 4 is 29.0 Å². The second-order valence-corrected chi connectivity index (χ2v) is 6.28. The minimum absolute atomic E-state index is 0.0242. The van der Waals surface area contributed by atoms with Crippen LogP contribution in [0.4, 0.5) is 0 Å². The number of carbonyl (C=O) groups excluding carboxylic acids is 1. The molecule has 2 aliphatic rings. The van der Waals surface area contributed by atoms with Crippen LogP contribution in [-0.2, 0) is 4.79 Å². The van der Waals surface area contributed by atoms with Crippen LogP contribution in [-0.4, -0.2) is 29.8 Å². The molecule has 0 saturated carbocycles. The molecule has 0 aliphatic carbocycles. The minimum Gasteiger partial charge on any atom is -0.299 e. The third-order valence-electron chi connectivity index (χ3n) is 4.34. The molecule has 2 fully saturated rings. The molecule has 2 nitrogen and oxygen atoms in total. The van der Waals surface area contributed by atoms with Crippen LogP contribution in [0.1, 0.15) is 37.2 Å². The van der Waals surface area contributed by atoms with Crippen LogP contribution in [0.15, 0.2) is 18.2 Å². The van der Waals surface area contributed by atoms with E-state index in [4.69, 9.17) is 23.2 Å². The van der Waals surface area contributed by atoms with Gasteiger partial charge >= 0.3 is 0 Å². The SMILES string of the molecule is O=C1CCN2CCCC[C@@H]2[C@H]1c1ccc(Cl)c(Cl)c1. The molecule has 1 aromatic carbocycles. The first-order valence-electron chi connectivity index (χ1n) is 6.88. The molecule has 0 radical (unpaired) electrons. The summed E-state index contributed by atoms with van der Waals surface area (Å²) in [5.74, 6) is 0.324. The van der Waals surface area contributed by atoms with Crippen molar-refractivity contribution in [3.05, 3.63) is 33.8 Å². The van der Waals surface area contributed by atoms with E-state index in [0.717, 1.165) is 25.1 Å². The molecular weight excluding hydrogens is 281 g/mol. The van der Waals surface area contributed by atoms with Crippen molar-refractivity contribution in [2.75, 3.05) is 13.1 Å². The molecule has 2 saturated heterocycles. The number of nitrogens with zero attached hydrogens (tertiary/aromatic N) is 1. The van der Waals surface area contributed by atoms with E-state index in [9.17, 15) is 4.79 Å². The summed E-state index contributed by atoms with van der Waals surface area (Å²) in [6.45, 7) is 2.04. The smallest absolute Gasteiger partial charge is 0.143 e. The van der Waals surface area contributed by atoms with E-state index in [1.807, 2.05) is 12.1 Å². The highest BCUT2D eigenvalue weighted by molar-refractivity contribution is 6.42. The Bertz CT molecular complexity index is 503. The molecule has 2 aliphatic heterocycles. The fourth-order valence-electron chi connectivity index (χ4n) is 3.41. The van der Waals surface area contributed by atoms with Crippen LogP contribution in [0.5, 0.6) is 0 Å². The molecule has 0 amide bonds. The lowest BCUT2D eigenvalue weighted by atomic mass is 9.78. The fourth-order valence-corrected chi connectivity index (χ4v) is 3.72. The van der Waals surface area contributed by atoms with Crippen molar-refractivity contribution in [2.24, 2.45) is 0 Å². The van der Waals surface area contributed by atoms with Crippen LogP contribution in [0.25, 0.3) is 0 Å². The molecule has 1 aromatic rings. The average Bonchev–Trinajstić information content (AvgIpc) is 2.42. The van der Waals surface area contributed by atoms with Crippen LogP contribution in [0.3, 0.4) is 0 Å². The van der Waals surface area contributed by atoms with Crippen LogP contribution < -0.4 is 0 Å². The number of hydrogen-bond donors (Lipinski definition) is 0. The highest BCUT2D eigenvalue weighted by Gasteiger charge is 2.38. The number of ketones is 1. The fraction of sp³-hybridized carbons (Fsp3) is 0.533. The van der Waals surface area contributed by atoms with Crippen molar-refractivity contribution < 1.29 is 4.79 Å². The van der Waals surface area contributed by atoms with Crippen LogP contribution >= 0.6 is 23.2 Å². The van der Waals surface area contributed by atoms with Crippen molar-refractivity contribution in [1.29, 1.82) is 0 Å². The molecule has 0 bridgehead atoms. The van der Waals surface area contributed by atoms with E-state index in [1.54, 1.807) is 6.07 Å². The second-order valence-electron chi connectivity index (χ2n) is 5.47. The van der Waals surface area contributed by atoms with Gasteiger partial charge in [0, 0.05) is 19.0 Å². The van der Waals surface area contributed by atoms with Gasteiger partial charge in [0.25, 0.3) is 0 Å². The van der Waals surface area contributed by atoms with Gasteiger partial charge in [0.15, 0.2) is 0 Å². The zero-order valence-electron chi connectivity index (χ0n) is 10.7. The predicted octanol–water partition coefficient (Wildman–Crippen LogP) is 3.90. The van der Waals surface area contributed by atoms with Gasteiger partial charge in [0.1, 0.15) is 5.78 Å². The molecule has 2 heterocycles. The van der Waals surface area contributed by atoms with E-state index >= 15 is 0 Å². The summed E-state index contributed by atoms with van der Waals surface area (Å²) in [5.41, 5.74) is 1.02. The zero-order valence-corrected chi connectivity index (χ0v) is 12.3. The summed E-state index contributed by atoms with van der Waals surface area (Å²) in [6, 6.07) is 5.97. The van der Waals surface area contributed by atoms with Crippen molar-refractivity contribution in [2.45, 2.75) is 37.6 Å². The Hall–Kier alpha value is -0.570. The Kier molecular flexibility index (Phi) is 3.84. The zero-order chi connectivity index (χ0) is 13.4. The van der Waals surface area contributed by atoms with Crippen molar-refractivity contribution in [3.8, 4) is 0 Å². The number of carbonyl (C=O) groups is 1. The molecule has 0 spiro atoms. The number of piperidine rings is 2. The second kappa shape index (κ2) is 5.43. The van der Waals surface area contributed by atoms with Crippen LogP contribution in [0, 0.1) is 0 Å². The topological polar surface area (TPSA) is 20.3 Å². The maximum absolute atomic E-state index is 12.3. The number of benzene rings is 1. The highest BCUT2D eigenvalue weighted by Crippen LogP contribution is 2.37. The van der Waals surface area contributed by atoms with Gasteiger partial charge < -0.3 is 0 Å². The Balaban J connectivity index is 1.95. The van der Waals surface area contributed by atoms with Gasteiger partial charge in [-0.05, 0) is 37.1 Å². The standard InChI is InChI=1S/C15H17Cl2NO/c16-11-5-4-10(9-12(11)17)15-13-3-1-2-7-18(13)8-6-14(15)19/h4-5,9,13,15H,1-3,6-8H2/t13-,15-/m1/s1. The van der Waals surface area contributed by atoms with Gasteiger partial charge in [-0.3, -0.25) is 9.69 Å². The van der Waals surface area contributed by atoms with Gasteiger partial charge in [-0.15, -0.1) is 0 Å². The monoisotopic (exact) mass is 297 g/mol. The van der Waals surface area contributed by atoms with Gasteiger partial charge in [-0.2, -0.15) is 0 Å². The van der Waals surface area contributed by atoms with Gasteiger partial charge in [0.2, 0.25) is 0 Å². The van der Waals surface area contributed by atoms with Gasteiger partial charge in [-0.25, -0.2) is 0 Å². The number of Topliss-reactive ketones (excluding diaryl/α,β-unsaturated/α-hetero) is 1. The molecular formula is C15H17Cl2NO. The number of halogens is 2. The first-order chi connectivity index (χ1) is 9.16. The minimum atomic E-state index is -0.0242. The first-order valence-corrected chi connectivity index (χ1v) is 7.64. The maximum atomic E-state index is 12.3. The average molecular weight is 298 g/mol. The highest BCUT2D eigenvalue weighted by atomic mass is 35.5. The lowest BCUT2D eigenvalue weighted by molar-refractivity contribution is -0.126. The van der Waals surface area contributed by atoms with Crippen molar-refractivity contribution in [3.63, 3.8) is 0 Å². The molecule has 0 aromatic heterocycles. The molecule has 4 heteroatoms. The molecule has 3 rings (SSSR count). The van der Waals surface area contributed by atoms with Crippen LogP contribution in [0.2, 0.25) is 10.0 Å². The summed E-state index contributed by atoms with van der Waals surface area (Å²) in [4.78, 5) is 14.8. The van der Waals surface area contributed by atoms with E-state index in [1.165, 1.54) is 12.8 Å². The molecule has 0 unspecified atom stereocenters. The lowest BCUT2D eigenvalue weighted by Crippen LogP contribution is -2.50. The molecule has 102 valence electrons. The third kappa shape index (κ3) is 2.54. The van der Waals surface area contributed by atoms with Gasteiger partial charge in [0.05, 0.1) is 16.0 Å². The summed E-state index contributed by atoms with van der Waals surface area (Å²) >= 11 is 12.1. The Morgan fingerprint density at radius 2 is 1.95 bits per heavy atom. The summed E-state index contributed by atoms with van der Waals surface area (Å²) < 4.78 is 0. The van der Waals surface area contributed by atoms with E-state index in [-0.39, 0.29) is 5.92 Å². The first kappa shape index (κ1) is 13.4. The Morgan fingerprint density at radius 1 is 1.11 bits per heavy atom. The summed E-state index contributed by atoms with van der Waals surface area (Å²) in [6.07, 6.45) is 4.23. The number of fused-ring (bicyclic) bond motifs is 1. The van der Waals surface area contributed by atoms with E-state index < -0.39 is 0 Å². The summed E-state index contributed by atoms with van der Waals surface area (Å²) in [7, 11) is 0. The summed E-state index contributed by atoms with van der Waals surface area (Å²) in [5, 5.41) is 1.09. The quantitative estimate of drug-likeness (QED) is 0.783. The van der Waals surface area contributed by atoms with E-state index in [0.29, 0.717) is 28.3 Å². The lowest BCUT2D eigenvalue weighted by Gasteiger charge is -2.43. The van der Waals surface area contributed by atoms with Crippen molar-refractivity contribution in [1.82, 2.24) is 4.90 Å². The Labute approximate surface area is 123 Å². The number of hydrogen-bond acceptors (Lipinski definition) is 2. The van der Waals surface area contributed by atoms with E-state index in [2.05, 4.69) is 4.90 Å². The van der Waals surface area contributed by atoms with Gasteiger partial charge in [-0.1, -0.05) is 35.7 Å². The maximum Gasteiger partial charge on any atom is 0.143 e. The Morgan fingerprint density at radius 3 is 2.74 bits per heavy atom. The predicted molar refractivity (Wildman–Crippen MR) is 78.0 cm³/mol. The normalized spacial score (nSPS) is 28.2. The molecule has 19 heavy (non-hydrogen) atoms. The molecule has 2 atom stereocenters.